The maximum atomic E-state index is 13.2. The third-order valence-electron chi connectivity index (χ3n) is 1.79. The summed E-state index contributed by atoms with van der Waals surface area (Å²) in [5, 5.41) is 3.28. The van der Waals surface area contributed by atoms with E-state index in [2.05, 4.69) is 21.2 Å². The molecule has 0 aliphatic carbocycles. The number of methoxy groups -OCH3 is 1. The Labute approximate surface area is 95.7 Å². The molecule has 3 nitrogen and oxygen atoms in total. The van der Waals surface area contributed by atoms with E-state index in [-0.39, 0.29) is 17.2 Å². The van der Waals surface area contributed by atoms with Crippen molar-refractivity contribution in [3.05, 3.63) is 29.6 Å². The van der Waals surface area contributed by atoms with Crippen LogP contribution in [0.2, 0.25) is 0 Å². The van der Waals surface area contributed by atoms with Gasteiger partial charge in [0.15, 0.2) is 11.6 Å². The van der Waals surface area contributed by atoms with Crippen molar-refractivity contribution in [2.45, 2.75) is 0 Å². The van der Waals surface area contributed by atoms with Crippen LogP contribution in [0.1, 0.15) is 10.4 Å². The molecule has 1 aromatic carbocycles. The van der Waals surface area contributed by atoms with Gasteiger partial charge in [0, 0.05) is 17.4 Å². The SMILES string of the molecule is COc1ccc(C(=O)NCCBr)cc1F. The van der Waals surface area contributed by atoms with E-state index >= 15 is 0 Å². The zero-order valence-corrected chi connectivity index (χ0v) is 9.80. The van der Waals surface area contributed by atoms with Crippen LogP contribution in [-0.2, 0) is 0 Å². The molecule has 0 unspecified atom stereocenters. The number of halogens is 2. The van der Waals surface area contributed by atoms with Crippen molar-refractivity contribution in [2.75, 3.05) is 19.0 Å². The summed E-state index contributed by atoms with van der Waals surface area (Å²) in [7, 11) is 1.38. The molecule has 1 N–H and O–H groups in total. The van der Waals surface area contributed by atoms with E-state index in [1.54, 1.807) is 0 Å². The predicted molar refractivity (Wildman–Crippen MR) is 59.1 cm³/mol. The van der Waals surface area contributed by atoms with Crippen molar-refractivity contribution in [3.63, 3.8) is 0 Å². The summed E-state index contributed by atoms with van der Waals surface area (Å²) in [6, 6.07) is 4.10. The molecule has 0 atom stereocenters. The number of ether oxygens (including phenoxy) is 1. The molecule has 0 aromatic heterocycles. The number of carbonyl (C=O) groups is 1. The summed E-state index contributed by atoms with van der Waals surface area (Å²) in [6.45, 7) is 0.506. The predicted octanol–water partition coefficient (Wildman–Crippen LogP) is 1.96. The van der Waals surface area contributed by atoms with E-state index in [1.165, 1.54) is 19.2 Å². The molecule has 1 aromatic rings. The molecule has 1 rings (SSSR count). The number of nitrogens with one attached hydrogen (secondary N) is 1. The first-order valence-electron chi connectivity index (χ1n) is 4.36. The lowest BCUT2D eigenvalue weighted by molar-refractivity contribution is 0.0955. The fourth-order valence-electron chi connectivity index (χ4n) is 1.07. The van der Waals surface area contributed by atoms with Gasteiger partial charge in [-0.15, -0.1) is 0 Å². The van der Waals surface area contributed by atoms with Gasteiger partial charge in [-0.2, -0.15) is 0 Å². The van der Waals surface area contributed by atoms with Crippen molar-refractivity contribution in [3.8, 4) is 5.75 Å². The summed E-state index contributed by atoms with van der Waals surface area (Å²) in [4.78, 5) is 11.4. The van der Waals surface area contributed by atoms with E-state index < -0.39 is 5.82 Å². The van der Waals surface area contributed by atoms with Gasteiger partial charge in [-0.05, 0) is 18.2 Å². The van der Waals surface area contributed by atoms with Gasteiger partial charge in [0.1, 0.15) is 0 Å². The van der Waals surface area contributed by atoms with Crippen LogP contribution >= 0.6 is 15.9 Å². The average Bonchev–Trinajstić information content (AvgIpc) is 2.25. The van der Waals surface area contributed by atoms with E-state index in [4.69, 9.17) is 4.74 Å². The average molecular weight is 276 g/mol. The Morgan fingerprint density at radius 1 is 1.60 bits per heavy atom. The molecule has 0 saturated carbocycles. The van der Waals surface area contributed by atoms with Crippen molar-refractivity contribution < 1.29 is 13.9 Å². The first kappa shape index (κ1) is 12.0. The molecule has 0 spiro atoms. The van der Waals surface area contributed by atoms with Gasteiger partial charge in [-0.25, -0.2) is 4.39 Å². The van der Waals surface area contributed by atoms with Gasteiger partial charge in [-0.1, -0.05) is 15.9 Å². The van der Waals surface area contributed by atoms with E-state index in [0.717, 1.165) is 6.07 Å². The van der Waals surface area contributed by atoms with Crippen LogP contribution in [0.15, 0.2) is 18.2 Å². The van der Waals surface area contributed by atoms with Crippen LogP contribution in [0.4, 0.5) is 4.39 Å². The number of carbonyl (C=O) groups excluding carboxylic acids is 1. The Balaban J connectivity index is 2.78. The largest absolute Gasteiger partial charge is 0.494 e. The van der Waals surface area contributed by atoms with Gasteiger partial charge < -0.3 is 10.1 Å². The molecule has 0 bridgehead atoms. The number of amides is 1. The van der Waals surface area contributed by atoms with Gasteiger partial charge in [0.05, 0.1) is 7.11 Å². The molecule has 0 aliphatic rings. The lowest BCUT2D eigenvalue weighted by atomic mass is 10.2. The second-order valence-corrected chi connectivity index (χ2v) is 3.59. The van der Waals surface area contributed by atoms with Crippen LogP contribution in [0.25, 0.3) is 0 Å². The Hall–Kier alpha value is -1.10. The van der Waals surface area contributed by atoms with Crippen molar-refractivity contribution in [1.29, 1.82) is 0 Å². The summed E-state index contributed by atoms with van der Waals surface area (Å²) >= 11 is 3.18. The molecule has 0 aliphatic heterocycles. The zero-order valence-electron chi connectivity index (χ0n) is 8.22. The van der Waals surface area contributed by atoms with Crippen molar-refractivity contribution >= 4 is 21.8 Å². The molecular weight excluding hydrogens is 265 g/mol. The Morgan fingerprint density at radius 2 is 2.33 bits per heavy atom. The van der Waals surface area contributed by atoms with E-state index in [1.807, 2.05) is 0 Å². The van der Waals surface area contributed by atoms with Crippen LogP contribution < -0.4 is 10.1 Å². The maximum absolute atomic E-state index is 13.2. The summed E-state index contributed by atoms with van der Waals surface area (Å²) in [6.07, 6.45) is 0. The topological polar surface area (TPSA) is 38.3 Å². The zero-order chi connectivity index (χ0) is 11.3. The van der Waals surface area contributed by atoms with Crippen LogP contribution in [0.5, 0.6) is 5.75 Å². The highest BCUT2D eigenvalue weighted by atomic mass is 79.9. The number of hydrogen-bond donors (Lipinski definition) is 1. The number of benzene rings is 1. The highest BCUT2D eigenvalue weighted by Crippen LogP contribution is 2.17. The highest BCUT2D eigenvalue weighted by Gasteiger charge is 2.08. The van der Waals surface area contributed by atoms with Gasteiger partial charge in [-0.3, -0.25) is 4.79 Å². The molecule has 15 heavy (non-hydrogen) atoms. The third-order valence-corrected chi connectivity index (χ3v) is 2.19. The molecule has 5 heteroatoms. The first-order chi connectivity index (χ1) is 7.19. The molecule has 1 amide bonds. The van der Waals surface area contributed by atoms with Crippen molar-refractivity contribution in [1.82, 2.24) is 5.32 Å². The smallest absolute Gasteiger partial charge is 0.251 e. The molecule has 0 radical (unpaired) electrons. The first-order valence-corrected chi connectivity index (χ1v) is 5.49. The van der Waals surface area contributed by atoms with Crippen LogP contribution in [0, 0.1) is 5.82 Å². The quantitative estimate of drug-likeness (QED) is 0.854. The lowest BCUT2D eigenvalue weighted by Crippen LogP contribution is -2.25. The number of hydrogen-bond acceptors (Lipinski definition) is 2. The second-order valence-electron chi connectivity index (χ2n) is 2.79. The maximum Gasteiger partial charge on any atom is 0.251 e. The minimum Gasteiger partial charge on any atom is -0.494 e. The lowest BCUT2D eigenvalue weighted by Gasteiger charge is -2.05. The monoisotopic (exact) mass is 275 g/mol. The fourth-order valence-corrected chi connectivity index (χ4v) is 1.27. The third kappa shape index (κ3) is 3.20. The molecule has 82 valence electrons. The van der Waals surface area contributed by atoms with Gasteiger partial charge in [0.2, 0.25) is 0 Å². The normalized spacial score (nSPS) is 9.80. The van der Waals surface area contributed by atoms with Crippen molar-refractivity contribution in [2.24, 2.45) is 0 Å². The molecule has 0 heterocycles. The summed E-state index contributed by atoms with van der Waals surface area (Å²) < 4.78 is 18.0. The van der Waals surface area contributed by atoms with E-state index in [9.17, 15) is 9.18 Å². The number of rotatable bonds is 4. The Bertz CT molecular complexity index is 357. The van der Waals surface area contributed by atoms with Gasteiger partial charge >= 0.3 is 0 Å². The molecule has 0 fully saturated rings. The minimum atomic E-state index is -0.538. The summed E-state index contributed by atoms with van der Waals surface area (Å²) in [5.41, 5.74) is 0.286. The van der Waals surface area contributed by atoms with Crippen LogP contribution in [-0.4, -0.2) is 24.9 Å². The highest BCUT2D eigenvalue weighted by molar-refractivity contribution is 9.09. The molecule has 0 saturated heterocycles. The second kappa shape index (κ2) is 5.70. The minimum absolute atomic E-state index is 0.132. The van der Waals surface area contributed by atoms with E-state index in [0.29, 0.717) is 11.9 Å². The fraction of sp³-hybridized carbons (Fsp3) is 0.300. The standard InChI is InChI=1S/C10H11BrFNO2/c1-15-9-3-2-7(6-8(9)12)10(14)13-5-4-11/h2-3,6H,4-5H2,1H3,(H,13,14). The van der Waals surface area contributed by atoms with Crippen LogP contribution in [0.3, 0.4) is 0 Å². The number of alkyl halides is 1. The Morgan fingerprint density at radius 3 is 2.87 bits per heavy atom. The molecular formula is C10H11BrFNO2. The Kier molecular flexibility index (Phi) is 4.55. The van der Waals surface area contributed by atoms with Gasteiger partial charge in [0.25, 0.3) is 5.91 Å². The summed E-state index contributed by atoms with van der Waals surface area (Å²) in [5.74, 6) is -0.702.